The summed E-state index contributed by atoms with van der Waals surface area (Å²) >= 11 is 0. The summed E-state index contributed by atoms with van der Waals surface area (Å²) in [6, 6.07) is 60.4. The number of aromatic nitrogens is 3. The highest BCUT2D eigenvalue weighted by atomic mass is 16.3. The molecule has 49 heavy (non-hydrogen) atoms. The molecule has 9 rings (SSSR count). The molecule has 0 spiro atoms. The van der Waals surface area contributed by atoms with Gasteiger partial charge >= 0.3 is 0 Å². The first-order valence-corrected chi connectivity index (χ1v) is 16.4. The molecule has 4 nitrogen and oxygen atoms in total. The van der Waals surface area contributed by atoms with E-state index in [1.54, 1.807) is 0 Å². The lowest BCUT2D eigenvalue weighted by Crippen LogP contribution is -2.00. The van der Waals surface area contributed by atoms with Gasteiger partial charge in [0.1, 0.15) is 11.2 Å². The van der Waals surface area contributed by atoms with E-state index in [-0.39, 0.29) is 0 Å². The Hall–Kier alpha value is -6.65. The zero-order valence-electron chi connectivity index (χ0n) is 26.5. The summed E-state index contributed by atoms with van der Waals surface area (Å²) in [5.41, 5.74) is 11.1. The Morgan fingerprint density at radius 1 is 0.265 bits per heavy atom. The van der Waals surface area contributed by atoms with Crippen molar-refractivity contribution in [3.8, 4) is 67.5 Å². The lowest BCUT2D eigenvalue weighted by atomic mass is 9.99. The number of furan rings is 1. The van der Waals surface area contributed by atoms with Crippen molar-refractivity contribution in [3.05, 3.63) is 176 Å². The number of para-hydroxylation sites is 2. The van der Waals surface area contributed by atoms with Crippen molar-refractivity contribution in [2.75, 3.05) is 0 Å². The summed E-state index contributed by atoms with van der Waals surface area (Å²) in [7, 11) is 0. The van der Waals surface area contributed by atoms with Crippen LogP contribution in [0.15, 0.2) is 180 Å². The van der Waals surface area contributed by atoms with Gasteiger partial charge in [0.15, 0.2) is 17.5 Å². The van der Waals surface area contributed by atoms with E-state index < -0.39 is 0 Å². The van der Waals surface area contributed by atoms with Crippen LogP contribution in [0.1, 0.15) is 0 Å². The monoisotopic (exact) mass is 627 g/mol. The fourth-order valence-corrected chi connectivity index (χ4v) is 6.48. The summed E-state index contributed by atoms with van der Waals surface area (Å²) in [6.07, 6.45) is 0. The van der Waals surface area contributed by atoms with Crippen molar-refractivity contribution < 1.29 is 4.42 Å². The van der Waals surface area contributed by atoms with Crippen LogP contribution >= 0.6 is 0 Å². The number of fused-ring (bicyclic) bond motifs is 3. The topological polar surface area (TPSA) is 51.8 Å². The summed E-state index contributed by atoms with van der Waals surface area (Å²) in [5.74, 6) is 1.78. The molecule has 0 aliphatic heterocycles. The molecule has 0 N–H and O–H groups in total. The van der Waals surface area contributed by atoms with Crippen LogP contribution in [0.5, 0.6) is 0 Å². The first-order valence-electron chi connectivity index (χ1n) is 16.4. The molecule has 0 amide bonds. The van der Waals surface area contributed by atoms with Gasteiger partial charge in [-0.25, -0.2) is 15.0 Å². The Labute approximate surface area is 284 Å². The average Bonchev–Trinajstić information content (AvgIpc) is 3.58. The molecule has 0 bridgehead atoms. The fraction of sp³-hybridized carbons (Fsp3) is 0. The summed E-state index contributed by atoms with van der Waals surface area (Å²) in [5, 5.41) is 2.07. The molecule has 0 saturated carbocycles. The van der Waals surface area contributed by atoms with E-state index in [2.05, 4.69) is 121 Å². The van der Waals surface area contributed by atoms with E-state index in [1.807, 2.05) is 54.6 Å². The third kappa shape index (κ3) is 5.35. The summed E-state index contributed by atoms with van der Waals surface area (Å²) in [6.45, 7) is 0. The van der Waals surface area contributed by atoms with Crippen molar-refractivity contribution in [2.45, 2.75) is 0 Å². The first-order chi connectivity index (χ1) is 24.3. The van der Waals surface area contributed by atoms with Crippen LogP contribution in [0.4, 0.5) is 0 Å². The molecule has 0 atom stereocenters. The van der Waals surface area contributed by atoms with Gasteiger partial charge in [-0.1, -0.05) is 170 Å². The van der Waals surface area contributed by atoms with Crippen LogP contribution in [0.2, 0.25) is 0 Å². The zero-order valence-corrected chi connectivity index (χ0v) is 26.5. The fourth-order valence-electron chi connectivity index (χ4n) is 6.48. The smallest absolute Gasteiger partial charge is 0.167 e. The Morgan fingerprint density at radius 2 is 0.633 bits per heavy atom. The SMILES string of the molecule is c1ccc(-c2ccc(-c3nc(-c4ccccc4)nc(-c4cccc5c4oc4c(-c6ccc(-c7ccccc7)cc6)cccc45)n3)cc2)cc1. The Bertz CT molecular complexity index is 2560. The predicted octanol–water partition coefficient (Wildman–Crippen LogP) is 11.8. The van der Waals surface area contributed by atoms with E-state index in [4.69, 9.17) is 19.4 Å². The van der Waals surface area contributed by atoms with Gasteiger partial charge in [-0.15, -0.1) is 0 Å². The van der Waals surface area contributed by atoms with Gasteiger partial charge in [-0.2, -0.15) is 0 Å². The number of nitrogens with zero attached hydrogens (tertiary/aromatic N) is 3. The number of hydrogen-bond acceptors (Lipinski definition) is 4. The van der Waals surface area contributed by atoms with E-state index >= 15 is 0 Å². The molecular weight excluding hydrogens is 599 g/mol. The average molecular weight is 628 g/mol. The maximum atomic E-state index is 6.79. The molecule has 7 aromatic carbocycles. The molecule has 0 aliphatic carbocycles. The normalized spacial score (nSPS) is 11.3. The second-order valence-corrected chi connectivity index (χ2v) is 12.0. The molecule has 0 fully saturated rings. The number of benzene rings is 7. The van der Waals surface area contributed by atoms with Crippen LogP contribution in [0.25, 0.3) is 89.5 Å². The predicted molar refractivity (Wildman–Crippen MR) is 200 cm³/mol. The van der Waals surface area contributed by atoms with Gasteiger partial charge in [0.05, 0.1) is 5.56 Å². The minimum atomic E-state index is 0.564. The Morgan fingerprint density at radius 3 is 1.16 bits per heavy atom. The van der Waals surface area contributed by atoms with Gasteiger partial charge in [0.25, 0.3) is 0 Å². The molecule has 4 heteroatoms. The lowest BCUT2D eigenvalue weighted by molar-refractivity contribution is 0.670. The third-order valence-electron chi connectivity index (χ3n) is 8.99. The highest BCUT2D eigenvalue weighted by molar-refractivity contribution is 6.12. The largest absolute Gasteiger partial charge is 0.455 e. The van der Waals surface area contributed by atoms with Gasteiger partial charge in [-0.3, -0.25) is 0 Å². The van der Waals surface area contributed by atoms with Gasteiger partial charge in [0.2, 0.25) is 0 Å². The minimum absolute atomic E-state index is 0.564. The van der Waals surface area contributed by atoms with Crippen molar-refractivity contribution in [3.63, 3.8) is 0 Å². The molecule has 0 unspecified atom stereocenters. The highest BCUT2D eigenvalue weighted by Gasteiger charge is 2.19. The van der Waals surface area contributed by atoms with Crippen molar-refractivity contribution in [1.82, 2.24) is 15.0 Å². The Kier molecular flexibility index (Phi) is 7.10. The first kappa shape index (κ1) is 28.6. The second kappa shape index (κ2) is 12.2. The maximum Gasteiger partial charge on any atom is 0.167 e. The zero-order chi connectivity index (χ0) is 32.6. The molecule has 9 aromatic rings. The van der Waals surface area contributed by atoms with Gasteiger partial charge in [0, 0.05) is 27.5 Å². The van der Waals surface area contributed by atoms with Crippen LogP contribution in [0.3, 0.4) is 0 Å². The molecule has 2 heterocycles. The molecule has 0 radical (unpaired) electrons. The second-order valence-electron chi connectivity index (χ2n) is 12.0. The van der Waals surface area contributed by atoms with E-state index in [1.165, 1.54) is 16.7 Å². The van der Waals surface area contributed by atoms with E-state index in [0.717, 1.165) is 55.3 Å². The van der Waals surface area contributed by atoms with Gasteiger partial charge in [-0.05, 0) is 33.9 Å². The van der Waals surface area contributed by atoms with Crippen molar-refractivity contribution in [2.24, 2.45) is 0 Å². The number of hydrogen-bond donors (Lipinski definition) is 0. The summed E-state index contributed by atoms with van der Waals surface area (Å²) in [4.78, 5) is 15.0. The number of rotatable bonds is 6. The molecule has 230 valence electrons. The third-order valence-corrected chi connectivity index (χ3v) is 8.99. The van der Waals surface area contributed by atoms with Crippen LogP contribution in [-0.4, -0.2) is 15.0 Å². The molecule has 0 aliphatic rings. The Balaban J connectivity index is 1.17. The van der Waals surface area contributed by atoms with E-state index in [9.17, 15) is 0 Å². The highest BCUT2D eigenvalue weighted by Crippen LogP contribution is 2.40. The van der Waals surface area contributed by atoms with Crippen molar-refractivity contribution >= 4 is 21.9 Å². The van der Waals surface area contributed by atoms with E-state index in [0.29, 0.717) is 17.5 Å². The molecule has 0 saturated heterocycles. The molecular formula is C45H29N3O. The van der Waals surface area contributed by atoms with Crippen molar-refractivity contribution in [1.29, 1.82) is 0 Å². The summed E-state index contributed by atoms with van der Waals surface area (Å²) < 4.78 is 6.79. The maximum absolute atomic E-state index is 6.79. The van der Waals surface area contributed by atoms with Crippen LogP contribution in [-0.2, 0) is 0 Å². The minimum Gasteiger partial charge on any atom is -0.455 e. The lowest BCUT2D eigenvalue weighted by Gasteiger charge is -2.09. The van der Waals surface area contributed by atoms with Gasteiger partial charge < -0.3 is 4.42 Å². The standard InChI is InChI=1S/C45H29N3O/c1-4-12-30(13-5-1)32-22-26-34(27-23-32)37-18-10-19-38-39-20-11-21-40(42(39)49-41(37)38)45-47-43(35-16-8-3-9-17-35)46-44(48-45)36-28-24-33(25-29-36)31-14-6-2-7-15-31/h1-29H. The quantitative estimate of drug-likeness (QED) is 0.184. The van der Waals surface area contributed by atoms with Crippen LogP contribution in [0, 0.1) is 0 Å². The molecule has 2 aromatic heterocycles. The van der Waals surface area contributed by atoms with Crippen LogP contribution < -0.4 is 0 Å².